The molecule has 4 heteroatoms. The molecule has 1 heterocycles. The summed E-state index contributed by atoms with van der Waals surface area (Å²) < 4.78 is 22.5. The van der Waals surface area contributed by atoms with Gasteiger partial charge in [0.1, 0.15) is 0 Å². The van der Waals surface area contributed by atoms with Crippen molar-refractivity contribution in [3.8, 4) is 5.75 Å². The highest BCUT2D eigenvalue weighted by Gasteiger charge is 2.01. The molecule has 0 N–H and O–H groups in total. The smallest absolute Gasteiger partial charge is 0.255 e. The van der Waals surface area contributed by atoms with E-state index in [4.69, 9.17) is 9.47 Å². The normalized spacial score (nSPS) is 9.83. The first-order chi connectivity index (χ1) is 5.84. The molecular formula is C8H10FNO2. The van der Waals surface area contributed by atoms with E-state index in [0.717, 1.165) is 0 Å². The van der Waals surface area contributed by atoms with Gasteiger partial charge in [-0.2, -0.15) is 4.39 Å². The van der Waals surface area contributed by atoms with Gasteiger partial charge in [-0.25, -0.2) is 4.98 Å². The molecule has 0 spiro atoms. The molecule has 0 aromatic carbocycles. The van der Waals surface area contributed by atoms with Gasteiger partial charge in [0.25, 0.3) is 5.95 Å². The van der Waals surface area contributed by atoms with E-state index in [-0.39, 0.29) is 12.5 Å². The molecule has 66 valence electrons. The first-order valence-corrected chi connectivity index (χ1v) is 3.65. The molecule has 0 saturated heterocycles. The Bertz CT molecular complexity index is 242. The van der Waals surface area contributed by atoms with Crippen LogP contribution in [0.3, 0.4) is 0 Å². The second-order valence-corrected chi connectivity index (χ2v) is 2.05. The molecule has 1 aromatic heterocycles. The van der Waals surface area contributed by atoms with E-state index in [1.165, 1.54) is 12.3 Å². The summed E-state index contributed by atoms with van der Waals surface area (Å²) in [5, 5.41) is 0. The van der Waals surface area contributed by atoms with Crippen molar-refractivity contribution in [2.24, 2.45) is 0 Å². The molecule has 1 rings (SSSR count). The lowest BCUT2D eigenvalue weighted by Crippen LogP contribution is -2.03. The largest absolute Gasteiger partial charge is 0.463 e. The Morgan fingerprint density at radius 3 is 3.08 bits per heavy atom. The zero-order valence-corrected chi connectivity index (χ0v) is 6.79. The summed E-state index contributed by atoms with van der Waals surface area (Å²) in [6.45, 7) is 2.43. The number of hydrogen-bond donors (Lipinski definition) is 0. The molecule has 0 bridgehead atoms. The van der Waals surface area contributed by atoms with Crippen molar-refractivity contribution in [1.82, 2.24) is 4.98 Å². The lowest BCUT2D eigenvalue weighted by Gasteiger charge is -2.04. The molecule has 1 aromatic rings. The highest BCUT2D eigenvalue weighted by molar-refractivity contribution is 5.17. The van der Waals surface area contributed by atoms with E-state index in [1.807, 2.05) is 6.92 Å². The van der Waals surface area contributed by atoms with Gasteiger partial charge < -0.3 is 9.47 Å². The Morgan fingerprint density at radius 1 is 1.58 bits per heavy atom. The van der Waals surface area contributed by atoms with Crippen molar-refractivity contribution in [3.63, 3.8) is 0 Å². The van der Waals surface area contributed by atoms with Crippen molar-refractivity contribution < 1.29 is 13.9 Å². The van der Waals surface area contributed by atoms with Gasteiger partial charge in [-0.3, -0.25) is 0 Å². The van der Waals surface area contributed by atoms with Crippen molar-refractivity contribution in [2.75, 3.05) is 13.4 Å². The van der Waals surface area contributed by atoms with Crippen LogP contribution in [0.1, 0.15) is 6.92 Å². The van der Waals surface area contributed by atoms with Crippen LogP contribution in [0, 0.1) is 5.95 Å². The van der Waals surface area contributed by atoms with Crippen LogP contribution < -0.4 is 4.74 Å². The molecule has 0 amide bonds. The van der Waals surface area contributed by atoms with E-state index in [1.54, 1.807) is 6.07 Å². The van der Waals surface area contributed by atoms with Crippen molar-refractivity contribution in [2.45, 2.75) is 6.92 Å². The molecular weight excluding hydrogens is 161 g/mol. The summed E-state index contributed by atoms with van der Waals surface area (Å²) in [7, 11) is 0. The number of rotatable bonds is 4. The SMILES string of the molecule is CCOCOc1cccnc1F. The highest BCUT2D eigenvalue weighted by Crippen LogP contribution is 2.12. The maximum atomic E-state index is 12.7. The van der Waals surface area contributed by atoms with Gasteiger partial charge >= 0.3 is 0 Å². The van der Waals surface area contributed by atoms with Crippen molar-refractivity contribution >= 4 is 0 Å². The summed E-state index contributed by atoms with van der Waals surface area (Å²) in [4.78, 5) is 3.41. The average Bonchev–Trinajstić information content (AvgIpc) is 2.09. The molecule has 0 unspecified atom stereocenters. The summed E-state index contributed by atoms with van der Waals surface area (Å²) in [6, 6.07) is 3.10. The van der Waals surface area contributed by atoms with Gasteiger partial charge in [-0.05, 0) is 19.1 Å². The zero-order valence-electron chi connectivity index (χ0n) is 6.79. The summed E-state index contributed by atoms with van der Waals surface area (Å²) in [5.41, 5.74) is 0. The number of nitrogens with zero attached hydrogens (tertiary/aromatic N) is 1. The highest BCUT2D eigenvalue weighted by atomic mass is 19.1. The molecule has 0 aliphatic heterocycles. The summed E-state index contributed by atoms with van der Waals surface area (Å²) in [6.07, 6.45) is 1.36. The number of aromatic nitrogens is 1. The van der Waals surface area contributed by atoms with E-state index in [9.17, 15) is 4.39 Å². The van der Waals surface area contributed by atoms with Crippen LogP contribution in [0.25, 0.3) is 0 Å². The predicted molar refractivity (Wildman–Crippen MR) is 41.3 cm³/mol. The van der Waals surface area contributed by atoms with Crippen LogP contribution in [0.15, 0.2) is 18.3 Å². The monoisotopic (exact) mass is 171 g/mol. The molecule has 0 aliphatic carbocycles. The van der Waals surface area contributed by atoms with Gasteiger partial charge in [0.15, 0.2) is 12.5 Å². The maximum Gasteiger partial charge on any atom is 0.255 e. The molecule has 0 saturated carbocycles. The van der Waals surface area contributed by atoms with Gasteiger partial charge in [0, 0.05) is 12.8 Å². The molecule has 3 nitrogen and oxygen atoms in total. The number of pyridine rings is 1. The quantitative estimate of drug-likeness (QED) is 0.391. The minimum Gasteiger partial charge on any atom is -0.463 e. The average molecular weight is 171 g/mol. The van der Waals surface area contributed by atoms with Crippen LogP contribution in [-0.2, 0) is 4.74 Å². The zero-order chi connectivity index (χ0) is 8.81. The minimum atomic E-state index is -0.614. The van der Waals surface area contributed by atoms with Crippen molar-refractivity contribution in [1.29, 1.82) is 0 Å². The molecule has 0 aliphatic rings. The van der Waals surface area contributed by atoms with Crippen LogP contribution in [-0.4, -0.2) is 18.4 Å². The second-order valence-electron chi connectivity index (χ2n) is 2.05. The molecule has 0 radical (unpaired) electrons. The molecule has 0 fully saturated rings. The van der Waals surface area contributed by atoms with E-state index >= 15 is 0 Å². The lowest BCUT2D eigenvalue weighted by molar-refractivity contribution is 0.0196. The minimum absolute atomic E-state index is 0.0547. The first-order valence-electron chi connectivity index (χ1n) is 3.65. The van der Waals surface area contributed by atoms with Crippen LogP contribution >= 0.6 is 0 Å². The summed E-state index contributed by atoms with van der Waals surface area (Å²) >= 11 is 0. The Hall–Kier alpha value is -1.16. The molecule has 0 atom stereocenters. The van der Waals surface area contributed by atoms with Gasteiger partial charge in [0.2, 0.25) is 0 Å². The number of ether oxygens (including phenoxy) is 2. The Balaban J connectivity index is 2.46. The van der Waals surface area contributed by atoms with E-state index < -0.39 is 5.95 Å². The van der Waals surface area contributed by atoms with Gasteiger partial charge in [-0.15, -0.1) is 0 Å². The Labute approximate surface area is 70.1 Å². The molecule has 12 heavy (non-hydrogen) atoms. The first kappa shape index (κ1) is 8.93. The standard InChI is InChI=1S/C8H10FNO2/c1-2-11-6-12-7-4-3-5-10-8(7)9/h3-5H,2,6H2,1H3. The third-order valence-corrected chi connectivity index (χ3v) is 1.23. The fraction of sp³-hybridized carbons (Fsp3) is 0.375. The maximum absolute atomic E-state index is 12.7. The fourth-order valence-electron chi connectivity index (χ4n) is 0.667. The predicted octanol–water partition coefficient (Wildman–Crippen LogP) is 1.59. The third-order valence-electron chi connectivity index (χ3n) is 1.23. The topological polar surface area (TPSA) is 31.4 Å². The fourth-order valence-corrected chi connectivity index (χ4v) is 0.667. The third kappa shape index (κ3) is 2.47. The Kier molecular flexibility index (Phi) is 3.47. The van der Waals surface area contributed by atoms with E-state index in [0.29, 0.717) is 6.61 Å². The van der Waals surface area contributed by atoms with Crippen LogP contribution in [0.4, 0.5) is 4.39 Å². The summed E-state index contributed by atoms with van der Waals surface area (Å²) in [5.74, 6) is -0.497. The second kappa shape index (κ2) is 4.66. The number of hydrogen-bond acceptors (Lipinski definition) is 3. The van der Waals surface area contributed by atoms with Crippen LogP contribution in [0.2, 0.25) is 0 Å². The van der Waals surface area contributed by atoms with Crippen molar-refractivity contribution in [3.05, 3.63) is 24.3 Å². The lowest BCUT2D eigenvalue weighted by atomic mass is 10.4. The Morgan fingerprint density at radius 2 is 2.42 bits per heavy atom. The van der Waals surface area contributed by atoms with Gasteiger partial charge in [-0.1, -0.05) is 0 Å². The number of halogens is 1. The van der Waals surface area contributed by atoms with Gasteiger partial charge in [0.05, 0.1) is 0 Å². The van der Waals surface area contributed by atoms with Crippen LogP contribution in [0.5, 0.6) is 5.75 Å². The van der Waals surface area contributed by atoms with E-state index in [2.05, 4.69) is 4.98 Å².